The molecule has 33 heavy (non-hydrogen) atoms. The summed E-state index contributed by atoms with van der Waals surface area (Å²) in [5, 5.41) is 0. The molecule has 0 unspecified atom stereocenters. The monoisotopic (exact) mass is 462 g/mol. The molecule has 0 bridgehead atoms. The van der Waals surface area contributed by atoms with Crippen LogP contribution in [0.3, 0.4) is 0 Å². The van der Waals surface area contributed by atoms with Crippen LogP contribution in [0, 0.1) is 16.2 Å². The summed E-state index contributed by atoms with van der Waals surface area (Å²) in [6, 6.07) is 6.43. The Labute approximate surface area is 199 Å². The zero-order valence-corrected chi connectivity index (χ0v) is 20.8. The molecule has 6 heteroatoms. The summed E-state index contributed by atoms with van der Waals surface area (Å²) in [6.07, 6.45) is 3.25. The standard InChI is InChI=1S/C27H42O6/c1-4-25(16-31-17-25)13-28-10-22-8-7-9-23(11-29-14-26(5-2)18-32-19-26)24(22)12-30-15-27(6-3)20-33-21-27/h7-9H,4-6,10-21H2,1-3H3. The van der Waals surface area contributed by atoms with Crippen LogP contribution in [0.1, 0.15) is 56.7 Å². The Morgan fingerprint density at radius 2 is 0.970 bits per heavy atom. The fraction of sp³-hybridized carbons (Fsp3) is 0.778. The summed E-state index contributed by atoms with van der Waals surface area (Å²) in [4.78, 5) is 0. The van der Waals surface area contributed by atoms with Crippen molar-refractivity contribution in [3.05, 3.63) is 34.9 Å². The summed E-state index contributed by atoms with van der Waals surface area (Å²) in [5.74, 6) is 0. The van der Waals surface area contributed by atoms with Gasteiger partial charge in [-0.2, -0.15) is 0 Å². The van der Waals surface area contributed by atoms with Crippen molar-refractivity contribution in [1.29, 1.82) is 0 Å². The number of benzene rings is 1. The molecule has 3 aliphatic heterocycles. The molecule has 3 fully saturated rings. The van der Waals surface area contributed by atoms with Gasteiger partial charge in [-0.15, -0.1) is 0 Å². The second-order valence-electron chi connectivity index (χ2n) is 10.6. The van der Waals surface area contributed by atoms with E-state index in [4.69, 9.17) is 28.4 Å². The van der Waals surface area contributed by atoms with E-state index in [0.29, 0.717) is 19.8 Å². The molecule has 3 aliphatic rings. The van der Waals surface area contributed by atoms with Gasteiger partial charge in [0.05, 0.1) is 79.3 Å². The molecule has 0 radical (unpaired) electrons. The summed E-state index contributed by atoms with van der Waals surface area (Å²) >= 11 is 0. The maximum Gasteiger partial charge on any atom is 0.0724 e. The topological polar surface area (TPSA) is 55.4 Å². The Morgan fingerprint density at radius 1 is 0.606 bits per heavy atom. The highest BCUT2D eigenvalue weighted by Gasteiger charge is 2.38. The minimum Gasteiger partial charge on any atom is -0.380 e. The molecule has 186 valence electrons. The Bertz CT molecular complexity index is 688. The van der Waals surface area contributed by atoms with E-state index in [1.165, 1.54) is 16.7 Å². The first kappa shape index (κ1) is 25.1. The first-order chi connectivity index (χ1) is 16.1. The van der Waals surface area contributed by atoms with Crippen LogP contribution in [0.5, 0.6) is 0 Å². The van der Waals surface area contributed by atoms with Crippen LogP contribution in [0.2, 0.25) is 0 Å². The molecule has 0 saturated carbocycles. The average Bonchev–Trinajstić information content (AvgIpc) is 2.75. The first-order valence-corrected chi connectivity index (χ1v) is 12.6. The van der Waals surface area contributed by atoms with E-state index in [-0.39, 0.29) is 16.2 Å². The summed E-state index contributed by atoms with van der Waals surface area (Å²) in [6.45, 7) is 15.4. The van der Waals surface area contributed by atoms with Gasteiger partial charge in [-0.3, -0.25) is 0 Å². The molecular weight excluding hydrogens is 420 g/mol. The molecule has 0 N–H and O–H groups in total. The highest BCUT2D eigenvalue weighted by atomic mass is 16.5. The molecule has 0 spiro atoms. The van der Waals surface area contributed by atoms with Gasteiger partial charge in [-0.25, -0.2) is 0 Å². The van der Waals surface area contributed by atoms with Crippen molar-refractivity contribution in [2.45, 2.75) is 59.9 Å². The van der Waals surface area contributed by atoms with Crippen molar-refractivity contribution in [2.24, 2.45) is 16.2 Å². The van der Waals surface area contributed by atoms with Crippen LogP contribution >= 0.6 is 0 Å². The highest BCUT2D eigenvalue weighted by molar-refractivity contribution is 5.34. The van der Waals surface area contributed by atoms with Gasteiger partial charge in [0.25, 0.3) is 0 Å². The summed E-state index contributed by atoms with van der Waals surface area (Å²) in [5.41, 5.74) is 4.14. The van der Waals surface area contributed by atoms with Crippen LogP contribution in [0.4, 0.5) is 0 Å². The quantitative estimate of drug-likeness (QED) is 0.382. The van der Waals surface area contributed by atoms with Crippen molar-refractivity contribution >= 4 is 0 Å². The molecule has 4 rings (SSSR count). The van der Waals surface area contributed by atoms with Crippen LogP contribution < -0.4 is 0 Å². The Hall–Kier alpha value is -1.02. The van der Waals surface area contributed by atoms with E-state index in [1.807, 2.05) is 0 Å². The van der Waals surface area contributed by atoms with Gasteiger partial charge in [0.2, 0.25) is 0 Å². The molecule has 3 saturated heterocycles. The number of rotatable bonds is 15. The van der Waals surface area contributed by atoms with Crippen molar-refractivity contribution in [1.82, 2.24) is 0 Å². The molecule has 6 nitrogen and oxygen atoms in total. The number of hydrogen-bond acceptors (Lipinski definition) is 6. The lowest BCUT2D eigenvalue weighted by molar-refractivity contribution is -0.154. The second-order valence-corrected chi connectivity index (χ2v) is 10.6. The van der Waals surface area contributed by atoms with Crippen LogP contribution in [0.25, 0.3) is 0 Å². The lowest BCUT2D eigenvalue weighted by Crippen LogP contribution is -2.46. The maximum atomic E-state index is 6.27. The zero-order chi connectivity index (χ0) is 23.2. The molecule has 0 atom stereocenters. The van der Waals surface area contributed by atoms with Gasteiger partial charge >= 0.3 is 0 Å². The lowest BCUT2D eigenvalue weighted by atomic mass is 9.84. The largest absolute Gasteiger partial charge is 0.380 e. The summed E-state index contributed by atoms with van der Waals surface area (Å²) in [7, 11) is 0. The van der Waals surface area contributed by atoms with Gasteiger partial charge < -0.3 is 28.4 Å². The second kappa shape index (κ2) is 11.1. The van der Waals surface area contributed by atoms with Crippen LogP contribution in [0.15, 0.2) is 18.2 Å². The molecule has 0 aliphatic carbocycles. The van der Waals surface area contributed by atoms with E-state index in [2.05, 4.69) is 39.0 Å². The number of ether oxygens (including phenoxy) is 6. The Balaban J connectivity index is 1.39. The smallest absolute Gasteiger partial charge is 0.0724 e. The zero-order valence-electron chi connectivity index (χ0n) is 20.8. The van der Waals surface area contributed by atoms with Gasteiger partial charge in [0.15, 0.2) is 0 Å². The van der Waals surface area contributed by atoms with Gasteiger partial charge in [-0.1, -0.05) is 39.0 Å². The predicted octanol–water partition coefficient (Wildman–Crippen LogP) is 4.52. The van der Waals surface area contributed by atoms with Crippen LogP contribution in [-0.4, -0.2) is 59.5 Å². The van der Waals surface area contributed by atoms with Crippen LogP contribution in [-0.2, 0) is 48.2 Å². The van der Waals surface area contributed by atoms with Gasteiger partial charge in [0, 0.05) is 16.2 Å². The average molecular weight is 463 g/mol. The molecule has 0 amide bonds. The minimum atomic E-state index is 0.178. The minimum absolute atomic E-state index is 0.178. The maximum absolute atomic E-state index is 6.27. The fourth-order valence-electron chi connectivity index (χ4n) is 4.61. The molecule has 3 heterocycles. The third kappa shape index (κ3) is 5.80. The van der Waals surface area contributed by atoms with Gasteiger partial charge in [0.1, 0.15) is 0 Å². The van der Waals surface area contributed by atoms with Crippen molar-refractivity contribution < 1.29 is 28.4 Å². The van der Waals surface area contributed by atoms with E-state index in [9.17, 15) is 0 Å². The third-order valence-corrected chi connectivity index (χ3v) is 8.06. The fourth-order valence-corrected chi connectivity index (χ4v) is 4.61. The van der Waals surface area contributed by atoms with E-state index in [1.54, 1.807) is 0 Å². The first-order valence-electron chi connectivity index (χ1n) is 12.6. The van der Waals surface area contributed by atoms with Crippen molar-refractivity contribution in [3.8, 4) is 0 Å². The van der Waals surface area contributed by atoms with E-state index < -0.39 is 0 Å². The van der Waals surface area contributed by atoms with Gasteiger partial charge in [-0.05, 0) is 36.0 Å². The highest BCUT2D eigenvalue weighted by Crippen LogP contribution is 2.34. The van der Waals surface area contributed by atoms with E-state index in [0.717, 1.165) is 78.7 Å². The van der Waals surface area contributed by atoms with E-state index >= 15 is 0 Å². The normalized spacial score (nSPS) is 22.3. The van der Waals surface area contributed by atoms with Crippen molar-refractivity contribution in [3.63, 3.8) is 0 Å². The molecular formula is C27H42O6. The molecule has 1 aromatic carbocycles. The molecule has 1 aromatic rings. The van der Waals surface area contributed by atoms with Crippen molar-refractivity contribution in [2.75, 3.05) is 59.5 Å². The Morgan fingerprint density at radius 3 is 1.27 bits per heavy atom. The third-order valence-electron chi connectivity index (χ3n) is 8.06. The Kier molecular flexibility index (Phi) is 8.47. The SMILES string of the molecule is CCC1(COCc2cccc(COCC3(CC)COC3)c2COCC2(CC)COC2)COC1. The lowest BCUT2D eigenvalue weighted by Gasteiger charge is -2.41. The summed E-state index contributed by atoms with van der Waals surface area (Å²) < 4.78 is 35.0. The molecule has 0 aromatic heterocycles. The predicted molar refractivity (Wildman–Crippen MR) is 126 cm³/mol. The number of hydrogen-bond donors (Lipinski definition) is 0.